The van der Waals surface area contributed by atoms with Gasteiger partial charge < -0.3 is 20.3 Å². The van der Waals surface area contributed by atoms with Crippen molar-refractivity contribution >= 4 is 23.2 Å². The van der Waals surface area contributed by atoms with Crippen LogP contribution < -0.4 is 20.3 Å². The Bertz CT molecular complexity index is 738. The fourth-order valence-electron chi connectivity index (χ4n) is 2.25. The summed E-state index contributed by atoms with van der Waals surface area (Å²) >= 11 is 0. The van der Waals surface area contributed by atoms with Gasteiger partial charge in [0, 0.05) is 32.0 Å². The summed E-state index contributed by atoms with van der Waals surface area (Å²) in [6, 6.07) is 14.7. The van der Waals surface area contributed by atoms with Crippen molar-refractivity contribution in [3.63, 3.8) is 0 Å². The highest BCUT2D eigenvalue weighted by Crippen LogP contribution is 2.17. The third-order valence-corrected chi connectivity index (χ3v) is 3.60. The molecule has 0 fully saturated rings. The number of carbonyl (C=O) groups excluding carboxylic acids is 2. The zero-order valence-electron chi connectivity index (χ0n) is 15.6. The zero-order valence-corrected chi connectivity index (χ0v) is 15.6. The highest BCUT2D eigenvalue weighted by Gasteiger charge is 2.13. The van der Waals surface area contributed by atoms with Gasteiger partial charge in [-0.15, -0.1) is 0 Å². The highest BCUT2D eigenvalue weighted by molar-refractivity contribution is 6.39. The second-order valence-corrected chi connectivity index (χ2v) is 6.39. The number of benzene rings is 2. The van der Waals surface area contributed by atoms with Crippen molar-refractivity contribution in [3.05, 3.63) is 54.1 Å². The number of carbonyl (C=O) groups is 2. The van der Waals surface area contributed by atoms with Gasteiger partial charge in [0.1, 0.15) is 5.75 Å². The summed E-state index contributed by atoms with van der Waals surface area (Å²) in [5, 5.41) is 5.19. The number of amides is 2. The van der Waals surface area contributed by atoms with E-state index in [0.29, 0.717) is 18.0 Å². The van der Waals surface area contributed by atoms with E-state index in [-0.39, 0.29) is 6.10 Å². The van der Waals surface area contributed by atoms with E-state index in [0.717, 1.165) is 11.3 Å². The molecule has 0 spiro atoms. The van der Waals surface area contributed by atoms with Gasteiger partial charge in [0.05, 0.1) is 6.10 Å². The van der Waals surface area contributed by atoms with Gasteiger partial charge in [0.2, 0.25) is 0 Å². The van der Waals surface area contributed by atoms with E-state index in [1.165, 1.54) is 0 Å². The first-order valence-corrected chi connectivity index (χ1v) is 8.47. The Morgan fingerprint density at radius 1 is 0.962 bits per heavy atom. The third kappa shape index (κ3) is 5.81. The molecule has 2 aromatic rings. The molecule has 2 rings (SSSR count). The van der Waals surface area contributed by atoms with Crippen LogP contribution >= 0.6 is 0 Å². The van der Waals surface area contributed by atoms with E-state index in [9.17, 15) is 9.59 Å². The van der Waals surface area contributed by atoms with E-state index < -0.39 is 11.8 Å². The molecule has 6 heteroatoms. The second-order valence-electron chi connectivity index (χ2n) is 6.39. The molecule has 0 aliphatic carbocycles. The number of nitrogens with zero attached hydrogens (tertiary/aromatic N) is 1. The summed E-state index contributed by atoms with van der Waals surface area (Å²) in [6.45, 7) is 4.17. The van der Waals surface area contributed by atoms with Crippen molar-refractivity contribution < 1.29 is 14.3 Å². The molecule has 26 heavy (non-hydrogen) atoms. The Morgan fingerprint density at radius 3 is 2.12 bits per heavy atom. The molecule has 2 aromatic carbocycles. The second kappa shape index (κ2) is 8.89. The molecular formula is C20H25N3O3. The van der Waals surface area contributed by atoms with Crippen LogP contribution in [0.2, 0.25) is 0 Å². The van der Waals surface area contributed by atoms with Gasteiger partial charge in [-0.2, -0.15) is 0 Å². The first-order chi connectivity index (χ1) is 12.3. The monoisotopic (exact) mass is 355 g/mol. The van der Waals surface area contributed by atoms with Crippen molar-refractivity contribution in [3.8, 4) is 5.75 Å². The van der Waals surface area contributed by atoms with Gasteiger partial charge in [-0.05, 0) is 55.8 Å². The molecule has 0 aliphatic heterocycles. The lowest BCUT2D eigenvalue weighted by Crippen LogP contribution is -2.34. The van der Waals surface area contributed by atoms with E-state index in [4.69, 9.17) is 4.74 Å². The number of rotatable bonds is 6. The minimum Gasteiger partial charge on any atom is -0.491 e. The van der Waals surface area contributed by atoms with Gasteiger partial charge >= 0.3 is 11.8 Å². The molecule has 0 atom stereocenters. The van der Waals surface area contributed by atoms with Crippen LogP contribution in [0.15, 0.2) is 48.5 Å². The first-order valence-electron chi connectivity index (χ1n) is 8.47. The van der Waals surface area contributed by atoms with Gasteiger partial charge in [-0.25, -0.2) is 0 Å². The Kier molecular flexibility index (Phi) is 6.60. The lowest BCUT2D eigenvalue weighted by atomic mass is 10.2. The smallest absolute Gasteiger partial charge is 0.313 e. The first kappa shape index (κ1) is 19.3. The molecule has 0 bridgehead atoms. The van der Waals surface area contributed by atoms with Crippen LogP contribution in [-0.2, 0) is 16.1 Å². The molecule has 0 aliphatic rings. The van der Waals surface area contributed by atoms with Gasteiger partial charge in [0.25, 0.3) is 0 Å². The Morgan fingerprint density at radius 2 is 1.58 bits per heavy atom. The summed E-state index contributed by atoms with van der Waals surface area (Å²) in [4.78, 5) is 25.9. The summed E-state index contributed by atoms with van der Waals surface area (Å²) in [5.41, 5.74) is 2.53. The van der Waals surface area contributed by atoms with Crippen LogP contribution in [0.25, 0.3) is 0 Å². The lowest BCUT2D eigenvalue weighted by molar-refractivity contribution is -0.136. The quantitative estimate of drug-likeness (QED) is 0.782. The molecular weight excluding hydrogens is 330 g/mol. The number of anilines is 2. The van der Waals surface area contributed by atoms with Crippen molar-refractivity contribution in [2.45, 2.75) is 26.5 Å². The molecule has 6 nitrogen and oxygen atoms in total. The van der Waals surface area contributed by atoms with Crippen LogP contribution in [0.4, 0.5) is 11.4 Å². The molecule has 0 saturated carbocycles. The number of nitrogens with one attached hydrogen (secondary N) is 2. The number of hydrogen-bond acceptors (Lipinski definition) is 4. The molecule has 0 radical (unpaired) electrons. The summed E-state index contributed by atoms with van der Waals surface area (Å²) < 4.78 is 5.54. The van der Waals surface area contributed by atoms with Crippen LogP contribution in [0.1, 0.15) is 19.4 Å². The van der Waals surface area contributed by atoms with Gasteiger partial charge in [0.15, 0.2) is 0 Å². The van der Waals surface area contributed by atoms with E-state index >= 15 is 0 Å². The minimum absolute atomic E-state index is 0.0769. The zero-order chi connectivity index (χ0) is 19.1. The Balaban J connectivity index is 1.84. The molecule has 0 saturated heterocycles. The SMILES string of the molecule is CC(C)Oc1ccc(NC(=O)C(=O)NCc2ccc(N(C)C)cc2)cc1. The van der Waals surface area contributed by atoms with Crippen LogP contribution in [-0.4, -0.2) is 32.0 Å². The fraction of sp³-hybridized carbons (Fsp3) is 0.300. The number of ether oxygens (including phenoxy) is 1. The fourth-order valence-corrected chi connectivity index (χ4v) is 2.25. The standard InChI is InChI=1S/C20H25N3O3/c1-14(2)26-18-11-7-16(8-12-18)22-20(25)19(24)21-13-15-5-9-17(10-6-15)23(3)4/h5-12,14H,13H2,1-4H3,(H,21,24)(H,22,25). The summed E-state index contributed by atoms with van der Waals surface area (Å²) in [7, 11) is 3.92. The molecule has 0 heterocycles. The molecule has 0 unspecified atom stereocenters. The maximum Gasteiger partial charge on any atom is 0.313 e. The van der Waals surface area contributed by atoms with Gasteiger partial charge in [-0.3, -0.25) is 9.59 Å². The van der Waals surface area contributed by atoms with Gasteiger partial charge in [-0.1, -0.05) is 12.1 Å². The van der Waals surface area contributed by atoms with E-state index in [1.807, 2.05) is 57.1 Å². The Hall–Kier alpha value is -3.02. The number of hydrogen-bond donors (Lipinski definition) is 2. The lowest BCUT2D eigenvalue weighted by Gasteiger charge is -2.13. The summed E-state index contributed by atoms with van der Waals surface area (Å²) in [6.07, 6.45) is 0.0769. The van der Waals surface area contributed by atoms with Crippen molar-refractivity contribution in [2.24, 2.45) is 0 Å². The normalized spacial score (nSPS) is 10.3. The average Bonchev–Trinajstić information content (AvgIpc) is 2.61. The predicted molar refractivity (Wildman–Crippen MR) is 103 cm³/mol. The Labute approximate surface area is 154 Å². The van der Waals surface area contributed by atoms with E-state index in [1.54, 1.807) is 24.3 Å². The molecule has 0 aromatic heterocycles. The summed E-state index contributed by atoms with van der Waals surface area (Å²) in [5.74, 6) is -0.666. The molecule has 138 valence electrons. The third-order valence-electron chi connectivity index (χ3n) is 3.60. The van der Waals surface area contributed by atoms with Crippen LogP contribution in [0.3, 0.4) is 0 Å². The van der Waals surface area contributed by atoms with Crippen molar-refractivity contribution in [2.75, 3.05) is 24.3 Å². The van der Waals surface area contributed by atoms with E-state index in [2.05, 4.69) is 10.6 Å². The largest absolute Gasteiger partial charge is 0.491 e. The topological polar surface area (TPSA) is 70.7 Å². The minimum atomic E-state index is -0.701. The predicted octanol–water partition coefficient (Wildman–Crippen LogP) is 2.79. The average molecular weight is 355 g/mol. The van der Waals surface area contributed by atoms with Crippen LogP contribution in [0, 0.1) is 0 Å². The molecule has 2 amide bonds. The van der Waals surface area contributed by atoms with Crippen molar-refractivity contribution in [1.82, 2.24) is 5.32 Å². The molecule has 2 N–H and O–H groups in total. The highest BCUT2D eigenvalue weighted by atomic mass is 16.5. The van der Waals surface area contributed by atoms with Crippen molar-refractivity contribution in [1.29, 1.82) is 0 Å². The van der Waals surface area contributed by atoms with Crippen LogP contribution in [0.5, 0.6) is 5.75 Å². The maximum atomic E-state index is 12.0. The maximum absolute atomic E-state index is 12.0.